The van der Waals surface area contributed by atoms with Gasteiger partial charge in [0.1, 0.15) is 17.0 Å². The highest BCUT2D eigenvalue weighted by Gasteiger charge is 2.30. The Kier molecular flexibility index (Phi) is 5.77. The molecule has 1 amide bonds. The normalized spacial score (nSPS) is 15.8. The van der Waals surface area contributed by atoms with Crippen LogP contribution in [0.4, 0.5) is 11.5 Å². The molecule has 3 aromatic heterocycles. The molecular formula is C23H26N6OS2. The molecule has 0 saturated carbocycles. The summed E-state index contributed by atoms with van der Waals surface area (Å²) in [5.41, 5.74) is 3.36. The van der Waals surface area contributed by atoms with Crippen LogP contribution in [0.1, 0.15) is 30.2 Å². The first-order valence-electron chi connectivity index (χ1n) is 10.9. The summed E-state index contributed by atoms with van der Waals surface area (Å²) < 4.78 is 0. The third-order valence-electron chi connectivity index (χ3n) is 5.89. The fourth-order valence-electron chi connectivity index (χ4n) is 4.31. The topological polar surface area (TPSA) is 86.8 Å². The van der Waals surface area contributed by atoms with Crippen LogP contribution in [0.5, 0.6) is 0 Å². The van der Waals surface area contributed by atoms with Gasteiger partial charge in [0.25, 0.3) is 0 Å². The van der Waals surface area contributed by atoms with Gasteiger partial charge in [-0.05, 0) is 49.1 Å². The van der Waals surface area contributed by atoms with E-state index in [1.54, 1.807) is 22.6 Å². The van der Waals surface area contributed by atoms with Crippen LogP contribution in [0.2, 0.25) is 0 Å². The van der Waals surface area contributed by atoms with Gasteiger partial charge in [0.15, 0.2) is 0 Å². The number of amides is 1. The molecule has 0 radical (unpaired) electrons. The van der Waals surface area contributed by atoms with E-state index in [0.29, 0.717) is 0 Å². The molecular weight excluding hydrogens is 440 g/mol. The Morgan fingerprint density at radius 2 is 2.22 bits per heavy atom. The van der Waals surface area contributed by atoms with Crippen LogP contribution in [-0.4, -0.2) is 50.8 Å². The summed E-state index contributed by atoms with van der Waals surface area (Å²) in [6, 6.07) is 4.29. The van der Waals surface area contributed by atoms with E-state index in [-0.39, 0.29) is 11.8 Å². The molecule has 0 fully saturated rings. The van der Waals surface area contributed by atoms with E-state index in [1.807, 2.05) is 32.1 Å². The van der Waals surface area contributed by atoms with E-state index in [1.165, 1.54) is 15.3 Å². The molecule has 4 aromatic rings. The minimum atomic E-state index is 0.0514. The minimum Gasteiger partial charge on any atom is -0.349 e. The number of hydrogen-bond acceptors (Lipinski definition) is 7. The summed E-state index contributed by atoms with van der Waals surface area (Å²) in [5.74, 6) is 2.15. The number of carbonyl (C=O) groups excluding carboxylic acids is 1. The molecule has 0 bridgehead atoms. The summed E-state index contributed by atoms with van der Waals surface area (Å²) in [4.78, 5) is 26.8. The zero-order chi connectivity index (χ0) is 22.2. The average Bonchev–Trinajstić information content (AvgIpc) is 3.40. The maximum Gasteiger partial charge on any atom is 0.225 e. The van der Waals surface area contributed by atoms with Gasteiger partial charge in [-0.25, -0.2) is 9.97 Å². The summed E-state index contributed by atoms with van der Waals surface area (Å²) in [5, 5.41) is 13.0. The lowest BCUT2D eigenvalue weighted by atomic mass is 9.87. The van der Waals surface area contributed by atoms with E-state index >= 15 is 0 Å². The van der Waals surface area contributed by atoms with Crippen LogP contribution in [0.3, 0.4) is 0 Å². The highest BCUT2D eigenvalue weighted by molar-refractivity contribution is 7.99. The number of benzene rings is 1. The Labute approximate surface area is 195 Å². The van der Waals surface area contributed by atoms with Crippen LogP contribution < -0.4 is 5.32 Å². The number of rotatable bonds is 6. The first-order valence-corrected chi connectivity index (χ1v) is 12.7. The number of nitrogens with zero attached hydrogens (tertiary/aromatic N) is 4. The van der Waals surface area contributed by atoms with Gasteiger partial charge in [0.05, 0.1) is 22.8 Å². The predicted molar refractivity (Wildman–Crippen MR) is 132 cm³/mol. The van der Waals surface area contributed by atoms with Crippen molar-refractivity contribution in [1.82, 2.24) is 25.1 Å². The predicted octanol–water partition coefficient (Wildman–Crippen LogP) is 5.01. The van der Waals surface area contributed by atoms with Crippen molar-refractivity contribution < 1.29 is 4.79 Å². The summed E-state index contributed by atoms with van der Waals surface area (Å²) >= 11 is 3.53. The number of anilines is 2. The Morgan fingerprint density at radius 3 is 3.03 bits per heavy atom. The summed E-state index contributed by atoms with van der Waals surface area (Å²) in [6.07, 6.45) is 7.10. The Bertz CT molecular complexity index is 1290. The van der Waals surface area contributed by atoms with Crippen molar-refractivity contribution in [3.8, 4) is 0 Å². The first-order chi connectivity index (χ1) is 15.5. The number of carbonyl (C=O) groups is 1. The van der Waals surface area contributed by atoms with Gasteiger partial charge in [-0.1, -0.05) is 6.92 Å². The monoisotopic (exact) mass is 466 g/mol. The van der Waals surface area contributed by atoms with Crippen molar-refractivity contribution in [3.05, 3.63) is 35.1 Å². The van der Waals surface area contributed by atoms with Crippen molar-refractivity contribution in [1.29, 1.82) is 0 Å². The second kappa shape index (κ2) is 8.71. The maximum atomic E-state index is 12.5. The number of thiophene rings is 1. The lowest BCUT2D eigenvalue weighted by Crippen LogP contribution is -2.32. The summed E-state index contributed by atoms with van der Waals surface area (Å²) in [6.45, 7) is 2.19. The van der Waals surface area contributed by atoms with Crippen molar-refractivity contribution >= 4 is 61.6 Å². The number of H-pyrrole nitrogens is 1. The summed E-state index contributed by atoms with van der Waals surface area (Å²) in [7, 11) is 3.67. The van der Waals surface area contributed by atoms with Crippen molar-refractivity contribution in [2.75, 3.05) is 25.2 Å². The molecule has 5 rings (SSSR count). The molecule has 166 valence electrons. The molecule has 1 aliphatic rings. The molecule has 32 heavy (non-hydrogen) atoms. The van der Waals surface area contributed by atoms with Gasteiger partial charge >= 0.3 is 0 Å². The molecule has 1 atom stereocenters. The molecule has 7 nitrogen and oxygen atoms in total. The molecule has 1 unspecified atom stereocenters. The van der Waals surface area contributed by atoms with Gasteiger partial charge < -0.3 is 10.2 Å². The fourth-order valence-corrected chi connectivity index (χ4v) is 6.47. The van der Waals surface area contributed by atoms with E-state index in [2.05, 4.69) is 44.5 Å². The van der Waals surface area contributed by atoms with E-state index in [4.69, 9.17) is 0 Å². The van der Waals surface area contributed by atoms with Crippen LogP contribution in [0, 0.1) is 5.92 Å². The molecule has 3 heterocycles. The number of aromatic amines is 1. The van der Waals surface area contributed by atoms with Crippen molar-refractivity contribution in [2.45, 2.75) is 37.5 Å². The molecule has 1 aromatic carbocycles. The molecule has 1 aliphatic carbocycles. The highest BCUT2D eigenvalue weighted by atomic mass is 32.2. The average molecular weight is 467 g/mol. The standard InChI is InChI=1S/C23H26N6OS2/c1-4-7-31-19-10-16-14(11-26-28-16)8-17(19)27-21-20-15-6-5-13(23(30)29(2)3)9-18(15)32-22(20)25-12-24-21/h8,10-13H,4-7,9H2,1-3H3,(H,26,28)(H,24,25,27). The van der Waals surface area contributed by atoms with E-state index < -0.39 is 0 Å². The molecule has 0 aliphatic heterocycles. The number of thioether (sulfide) groups is 1. The molecule has 9 heteroatoms. The van der Waals surface area contributed by atoms with E-state index in [0.717, 1.165) is 64.1 Å². The highest BCUT2D eigenvalue weighted by Crippen LogP contribution is 2.42. The Balaban J connectivity index is 1.53. The second-order valence-corrected chi connectivity index (χ2v) is 10.6. The van der Waals surface area contributed by atoms with Gasteiger partial charge in [-0.3, -0.25) is 9.89 Å². The number of aromatic nitrogens is 4. The zero-order valence-corrected chi connectivity index (χ0v) is 20.1. The zero-order valence-electron chi connectivity index (χ0n) is 18.4. The van der Waals surface area contributed by atoms with Crippen LogP contribution >= 0.6 is 23.1 Å². The van der Waals surface area contributed by atoms with Crippen molar-refractivity contribution in [3.63, 3.8) is 0 Å². The Hall–Kier alpha value is -2.65. The van der Waals surface area contributed by atoms with Gasteiger partial charge in [0.2, 0.25) is 5.91 Å². The lowest BCUT2D eigenvalue weighted by molar-refractivity contribution is -0.133. The largest absolute Gasteiger partial charge is 0.349 e. The third-order valence-corrected chi connectivity index (χ3v) is 8.31. The molecule has 0 spiro atoms. The van der Waals surface area contributed by atoms with Crippen molar-refractivity contribution in [2.24, 2.45) is 5.92 Å². The van der Waals surface area contributed by atoms with Crippen LogP contribution in [-0.2, 0) is 17.6 Å². The number of aryl methyl sites for hydroxylation is 1. The fraction of sp³-hybridized carbons (Fsp3) is 0.391. The molecule has 0 saturated heterocycles. The minimum absolute atomic E-state index is 0.0514. The lowest BCUT2D eigenvalue weighted by Gasteiger charge is -2.24. The number of nitrogens with one attached hydrogen (secondary N) is 2. The third kappa shape index (κ3) is 3.84. The Morgan fingerprint density at radius 1 is 1.34 bits per heavy atom. The first kappa shape index (κ1) is 21.2. The second-order valence-electron chi connectivity index (χ2n) is 8.36. The van der Waals surface area contributed by atoms with Crippen LogP contribution in [0.25, 0.3) is 21.1 Å². The van der Waals surface area contributed by atoms with Crippen LogP contribution in [0.15, 0.2) is 29.6 Å². The van der Waals surface area contributed by atoms with E-state index in [9.17, 15) is 4.79 Å². The maximum absolute atomic E-state index is 12.5. The smallest absolute Gasteiger partial charge is 0.225 e. The van der Waals surface area contributed by atoms with Gasteiger partial charge in [-0.15, -0.1) is 23.1 Å². The number of fused-ring (bicyclic) bond motifs is 4. The number of hydrogen-bond donors (Lipinski definition) is 2. The molecule has 2 N–H and O–H groups in total. The van der Waals surface area contributed by atoms with Gasteiger partial charge in [0, 0.05) is 35.2 Å². The SMILES string of the molecule is CCCSc1cc2[nH]ncc2cc1Nc1ncnc2sc3c(c12)CCC(C(=O)N(C)C)C3. The quantitative estimate of drug-likeness (QED) is 0.389. The van der Waals surface area contributed by atoms with Gasteiger partial charge in [-0.2, -0.15) is 5.10 Å².